The molecule has 1 aromatic rings. The van der Waals surface area contributed by atoms with Gasteiger partial charge >= 0.3 is 0 Å². The van der Waals surface area contributed by atoms with Crippen LogP contribution in [0.4, 0.5) is 0 Å². The van der Waals surface area contributed by atoms with E-state index >= 15 is 0 Å². The van der Waals surface area contributed by atoms with Crippen LogP contribution in [-0.2, 0) is 17.9 Å². The van der Waals surface area contributed by atoms with E-state index < -0.39 is 0 Å². The molecule has 26 heavy (non-hydrogen) atoms. The number of piperidine rings is 1. The number of methoxy groups -OCH3 is 2. The van der Waals surface area contributed by atoms with Crippen molar-refractivity contribution in [3.8, 4) is 5.75 Å². The van der Waals surface area contributed by atoms with Gasteiger partial charge < -0.3 is 19.5 Å². The van der Waals surface area contributed by atoms with Crippen LogP contribution in [0.15, 0.2) is 18.2 Å². The molecule has 0 aromatic heterocycles. The maximum atomic E-state index is 10.7. The largest absolute Gasteiger partial charge is 0.496 e. The molecule has 0 spiro atoms. The molecule has 1 N–H and O–H groups in total. The van der Waals surface area contributed by atoms with Gasteiger partial charge in [0.05, 0.1) is 19.8 Å². The standard InChI is InChI=1S/C20H33N3O3/c1-21-8-10-23(11-9-21)18-6-7-22(14-19(18)24)13-16-4-5-20(26-3)17(12-16)15-25-2/h4-5,12,18-19,24H,6-11,13-15H2,1-3H3/t18-,19-/m1/s1. The molecule has 2 aliphatic rings. The SMILES string of the molecule is COCc1cc(CN2CC[C@@H](N3CCN(C)CC3)[C@H](O)C2)ccc1OC. The second-order valence-corrected chi connectivity index (χ2v) is 7.58. The number of aliphatic hydroxyl groups is 1. The molecule has 2 aliphatic heterocycles. The summed E-state index contributed by atoms with van der Waals surface area (Å²) in [4.78, 5) is 7.20. The molecule has 1 aromatic carbocycles. The summed E-state index contributed by atoms with van der Waals surface area (Å²) >= 11 is 0. The quantitative estimate of drug-likeness (QED) is 0.815. The minimum absolute atomic E-state index is 0.274. The van der Waals surface area contributed by atoms with Gasteiger partial charge in [-0.2, -0.15) is 0 Å². The van der Waals surface area contributed by atoms with Crippen molar-refractivity contribution in [2.24, 2.45) is 0 Å². The normalized spacial score (nSPS) is 26.2. The van der Waals surface area contributed by atoms with Crippen LogP contribution in [0, 0.1) is 0 Å². The maximum Gasteiger partial charge on any atom is 0.124 e. The number of likely N-dealkylation sites (tertiary alicyclic amines) is 1. The summed E-state index contributed by atoms with van der Waals surface area (Å²) in [5, 5.41) is 10.7. The smallest absolute Gasteiger partial charge is 0.124 e. The van der Waals surface area contributed by atoms with E-state index in [0.717, 1.165) is 63.5 Å². The number of β-amino-alcohol motifs (C(OH)–C–C–N with tert-alkyl or cyclic N) is 1. The third-order valence-electron chi connectivity index (χ3n) is 5.69. The van der Waals surface area contributed by atoms with Crippen molar-refractivity contribution in [3.05, 3.63) is 29.3 Å². The van der Waals surface area contributed by atoms with Gasteiger partial charge in [-0.25, -0.2) is 0 Å². The molecule has 0 bridgehead atoms. The molecule has 0 aliphatic carbocycles. The highest BCUT2D eigenvalue weighted by atomic mass is 16.5. The Morgan fingerprint density at radius 3 is 2.54 bits per heavy atom. The van der Waals surface area contributed by atoms with Gasteiger partial charge in [-0.1, -0.05) is 6.07 Å². The van der Waals surface area contributed by atoms with Crippen LogP contribution in [-0.4, -0.2) is 92.5 Å². The first kappa shape index (κ1) is 19.6. The second-order valence-electron chi connectivity index (χ2n) is 7.58. The highest BCUT2D eigenvalue weighted by Crippen LogP contribution is 2.24. The second kappa shape index (κ2) is 9.15. The van der Waals surface area contributed by atoms with E-state index in [1.165, 1.54) is 5.56 Å². The molecule has 3 rings (SSSR count). The monoisotopic (exact) mass is 363 g/mol. The third kappa shape index (κ3) is 4.75. The first-order chi connectivity index (χ1) is 12.6. The average molecular weight is 364 g/mol. The fourth-order valence-corrected chi connectivity index (χ4v) is 4.16. The van der Waals surface area contributed by atoms with Crippen LogP contribution >= 0.6 is 0 Å². The molecular weight excluding hydrogens is 330 g/mol. The lowest BCUT2D eigenvalue weighted by atomic mass is 9.98. The number of piperazine rings is 1. The number of nitrogens with zero attached hydrogens (tertiary/aromatic N) is 3. The Balaban J connectivity index is 1.56. The number of rotatable bonds is 6. The zero-order valence-corrected chi connectivity index (χ0v) is 16.4. The Morgan fingerprint density at radius 2 is 1.88 bits per heavy atom. The average Bonchev–Trinajstić information content (AvgIpc) is 2.63. The van der Waals surface area contributed by atoms with Crippen LogP contribution in [0.5, 0.6) is 5.75 Å². The van der Waals surface area contributed by atoms with Crippen molar-refractivity contribution in [2.75, 3.05) is 60.5 Å². The van der Waals surface area contributed by atoms with E-state index in [-0.39, 0.29) is 6.10 Å². The van der Waals surface area contributed by atoms with Crippen molar-refractivity contribution >= 4 is 0 Å². The van der Waals surface area contributed by atoms with Gasteiger partial charge in [-0.15, -0.1) is 0 Å². The molecule has 2 atom stereocenters. The summed E-state index contributed by atoms with van der Waals surface area (Å²) < 4.78 is 10.7. The number of likely N-dealkylation sites (N-methyl/N-ethyl adjacent to an activating group) is 1. The van der Waals surface area contributed by atoms with Crippen LogP contribution in [0.2, 0.25) is 0 Å². The molecule has 2 saturated heterocycles. The molecular formula is C20H33N3O3. The topological polar surface area (TPSA) is 48.4 Å². The number of hydrogen-bond donors (Lipinski definition) is 1. The predicted octanol–water partition coefficient (Wildman–Crippen LogP) is 1.02. The molecule has 2 heterocycles. The van der Waals surface area contributed by atoms with Gasteiger partial charge in [0.1, 0.15) is 5.75 Å². The maximum absolute atomic E-state index is 10.7. The lowest BCUT2D eigenvalue weighted by Crippen LogP contribution is -2.58. The molecule has 146 valence electrons. The zero-order valence-electron chi connectivity index (χ0n) is 16.4. The van der Waals surface area contributed by atoms with Crippen molar-refractivity contribution in [1.29, 1.82) is 0 Å². The molecule has 0 saturated carbocycles. The predicted molar refractivity (Wildman–Crippen MR) is 102 cm³/mol. The van der Waals surface area contributed by atoms with E-state index in [2.05, 4.69) is 33.9 Å². The van der Waals surface area contributed by atoms with Crippen molar-refractivity contribution < 1.29 is 14.6 Å². The Kier molecular flexibility index (Phi) is 6.89. The number of benzene rings is 1. The highest BCUT2D eigenvalue weighted by molar-refractivity contribution is 5.37. The van der Waals surface area contributed by atoms with Gasteiger partial charge in [0.25, 0.3) is 0 Å². The number of ether oxygens (including phenoxy) is 2. The first-order valence-corrected chi connectivity index (χ1v) is 9.58. The van der Waals surface area contributed by atoms with E-state index in [9.17, 15) is 5.11 Å². The summed E-state index contributed by atoms with van der Waals surface area (Å²) in [6.07, 6.45) is 0.759. The first-order valence-electron chi connectivity index (χ1n) is 9.58. The Hall–Kier alpha value is -1.18. The minimum atomic E-state index is -0.274. The number of aliphatic hydroxyl groups excluding tert-OH is 1. The third-order valence-corrected chi connectivity index (χ3v) is 5.69. The van der Waals surface area contributed by atoms with Crippen LogP contribution in [0.25, 0.3) is 0 Å². The fraction of sp³-hybridized carbons (Fsp3) is 0.700. The van der Waals surface area contributed by atoms with Crippen LogP contribution in [0.1, 0.15) is 17.5 Å². The Bertz CT molecular complexity index is 575. The van der Waals surface area contributed by atoms with E-state index in [1.807, 2.05) is 6.07 Å². The van der Waals surface area contributed by atoms with Crippen LogP contribution < -0.4 is 4.74 Å². The molecule has 0 unspecified atom stereocenters. The lowest BCUT2D eigenvalue weighted by Gasteiger charge is -2.44. The van der Waals surface area contributed by atoms with Gasteiger partial charge in [0.2, 0.25) is 0 Å². The van der Waals surface area contributed by atoms with E-state index in [0.29, 0.717) is 12.6 Å². The van der Waals surface area contributed by atoms with Crippen molar-refractivity contribution in [2.45, 2.75) is 31.7 Å². The van der Waals surface area contributed by atoms with Gasteiger partial charge in [-0.05, 0) is 31.2 Å². The van der Waals surface area contributed by atoms with Gasteiger partial charge in [-0.3, -0.25) is 9.80 Å². The van der Waals surface area contributed by atoms with Crippen molar-refractivity contribution in [1.82, 2.24) is 14.7 Å². The van der Waals surface area contributed by atoms with Crippen LogP contribution in [0.3, 0.4) is 0 Å². The van der Waals surface area contributed by atoms with E-state index in [4.69, 9.17) is 9.47 Å². The van der Waals surface area contributed by atoms with Gasteiger partial charge in [0.15, 0.2) is 0 Å². The summed E-state index contributed by atoms with van der Waals surface area (Å²) in [5.74, 6) is 0.865. The summed E-state index contributed by atoms with van der Waals surface area (Å²) in [7, 11) is 5.56. The van der Waals surface area contributed by atoms with E-state index in [1.54, 1.807) is 14.2 Å². The molecule has 0 amide bonds. The highest BCUT2D eigenvalue weighted by Gasteiger charge is 2.33. The fourth-order valence-electron chi connectivity index (χ4n) is 4.16. The summed E-state index contributed by atoms with van der Waals surface area (Å²) in [5.41, 5.74) is 2.31. The number of hydrogen-bond acceptors (Lipinski definition) is 6. The Morgan fingerprint density at radius 1 is 1.12 bits per heavy atom. The molecule has 6 nitrogen and oxygen atoms in total. The van der Waals surface area contributed by atoms with Gasteiger partial charge in [0, 0.05) is 64.5 Å². The Labute approximate surface area is 157 Å². The molecule has 0 radical (unpaired) electrons. The molecule has 6 heteroatoms. The summed E-state index contributed by atoms with van der Waals surface area (Å²) in [6.45, 7) is 7.50. The lowest BCUT2D eigenvalue weighted by molar-refractivity contribution is -0.0286. The summed E-state index contributed by atoms with van der Waals surface area (Å²) in [6, 6.07) is 6.58. The minimum Gasteiger partial charge on any atom is -0.496 e. The zero-order chi connectivity index (χ0) is 18.5. The molecule has 2 fully saturated rings. The van der Waals surface area contributed by atoms with Crippen molar-refractivity contribution in [3.63, 3.8) is 0 Å².